The van der Waals surface area contributed by atoms with E-state index in [-0.39, 0.29) is 5.91 Å². The first-order valence-corrected chi connectivity index (χ1v) is 10.2. The van der Waals surface area contributed by atoms with Crippen molar-refractivity contribution in [2.45, 2.75) is 52.2 Å². The summed E-state index contributed by atoms with van der Waals surface area (Å²) in [5.41, 5.74) is 4.06. The minimum absolute atomic E-state index is 0.0871. The highest BCUT2D eigenvalue weighted by Crippen LogP contribution is 2.21. The third kappa shape index (κ3) is 5.14. The van der Waals surface area contributed by atoms with Gasteiger partial charge in [-0.25, -0.2) is 0 Å². The maximum atomic E-state index is 13.1. The van der Waals surface area contributed by atoms with Crippen LogP contribution in [0.2, 0.25) is 0 Å². The lowest BCUT2D eigenvalue weighted by Crippen LogP contribution is -2.48. The van der Waals surface area contributed by atoms with E-state index < -0.39 is 5.54 Å². The minimum atomic E-state index is -0.673. The molecule has 0 unspecified atom stereocenters. The van der Waals surface area contributed by atoms with Crippen LogP contribution in [0.4, 0.5) is 5.69 Å². The van der Waals surface area contributed by atoms with Crippen molar-refractivity contribution in [1.29, 1.82) is 0 Å². The first-order valence-electron chi connectivity index (χ1n) is 10.2. The van der Waals surface area contributed by atoms with Crippen molar-refractivity contribution in [1.82, 2.24) is 9.80 Å². The van der Waals surface area contributed by atoms with Gasteiger partial charge in [0.2, 0.25) is 5.91 Å². The van der Waals surface area contributed by atoms with Crippen molar-refractivity contribution in [3.05, 3.63) is 65.2 Å². The van der Waals surface area contributed by atoms with E-state index in [4.69, 9.17) is 0 Å². The fraction of sp³-hybridized carbons (Fsp3) is 0.458. The van der Waals surface area contributed by atoms with Crippen LogP contribution in [0.5, 0.6) is 0 Å². The lowest BCUT2D eigenvalue weighted by Gasteiger charge is -2.32. The summed E-state index contributed by atoms with van der Waals surface area (Å²) in [5.74, 6) is 0.0871. The molecule has 0 spiro atoms. The molecule has 2 aromatic carbocycles. The Hall–Kier alpha value is -2.33. The van der Waals surface area contributed by atoms with Crippen LogP contribution in [-0.2, 0) is 17.9 Å². The van der Waals surface area contributed by atoms with Gasteiger partial charge in [0.25, 0.3) is 0 Å². The Balaban J connectivity index is 1.67. The Morgan fingerprint density at radius 1 is 1.04 bits per heavy atom. The summed E-state index contributed by atoms with van der Waals surface area (Å²) < 4.78 is 0. The number of aryl methyl sites for hydroxylation is 1. The SMILES string of the molecule is Cc1ccc(NC(C)(C)C(=O)N(C)Cc2ccccc2CN2CCCC2)cc1. The molecule has 1 amide bonds. The highest BCUT2D eigenvalue weighted by atomic mass is 16.2. The molecule has 0 bridgehead atoms. The van der Waals surface area contributed by atoms with E-state index in [1.165, 1.54) is 42.6 Å². The molecule has 1 saturated heterocycles. The minimum Gasteiger partial charge on any atom is -0.372 e. The molecule has 0 radical (unpaired) electrons. The monoisotopic (exact) mass is 379 g/mol. The van der Waals surface area contributed by atoms with E-state index in [1.54, 1.807) is 0 Å². The Kier molecular flexibility index (Phi) is 6.40. The van der Waals surface area contributed by atoms with Crippen molar-refractivity contribution in [2.75, 3.05) is 25.5 Å². The zero-order valence-corrected chi connectivity index (χ0v) is 17.7. The molecule has 4 nitrogen and oxygen atoms in total. The molecular formula is C24H33N3O. The number of amides is 1. The van der Waals surface area contributed by atoms with Crippen LogP contribution in [0, 0.1) is 6.92 Å². The molecule has 3 rings (SSSR count). The zero-order valence-electron chi connectivity index (χ0n) is 17.7. The second-order valence-corrected chi connectivity index (χ2v) is 8.53. The summed E-state index contributed by atoms with van der Waals surface area (Å²) in [6.45, 7) is 9.91. The van der Waals surface area contributed by atoms with E-state index in [0.717, 1.165) is 12.2 Å². The molecule has 1 aliphatic heterocycles. The molecule has 150 valence electrons. The normalized spacial score (nSPS) is 14.9. The van der Waals surface area contributed by atoms with Crippen LogP contribution in [0.25, 0.3) is 0 Å². The summed E-state index contributed by atoms with van der Waals surface area (Å²) in [5, 5.41) is 3.39. The van der Waals surface area contributed by atoms with Crippen LogP contribution < -0.4 is 5.32 Å². The topological polar surface area (TPSA) is 35.6 Å². The molecular weight excluding hydrogens is 346 g/mol. The highest BCUT2D eigenvalue weighted by molar-refractivity contribution is 5.88. The first-order chi connectivity index (χ1) is 13.3. The average molecular weight is 380 g/mol. The van der Waals surface area contributed by atoms with Crippen LogP contribution in [0.3, 0.4) is 0 Å². The van der Waals surface area contributed by atoms with Gasteiger partial charge in [-0.3, -0.25) is 9.69 Å². The fourth-order valence-corrected chi connectivity index (χ4v) is 3.90. The number of likely N-dealkylation sites (N-methyl/N-ethyl adjacent to an activating group) is 1. The number of carbonyl (C=O) groups is 1. The Labute approximate surface area is 169 Å². The van der Waals surface area contributed by atoms with Crippen LogP contribution in [-0.4, -0.2) is 41.4 Å². The highest BCUT2D eigenvalue weighted by Gasteiger charge is 2.30. The lowest BCUT2D eigenvalue weighted by atomic mass is 10.0. The Bertz CT molecular complexity index is 792. The molecule has 1 fully saturated rings. The maximum Gasteiger partial charge on any atom is 0.247 e. The van der Waals surface area contributed by atoms with Crippen molar-refractivity contribution >= 4 is 11.6 Å². The van der Waals surface area contributed by atoms with Gasteiger partial charge in [-0.2, -0.15) is 0 Å². The van der Waals surface area contributed by atoms with Gasteiger partial charge in [-0.1, -0.05) is 42.0 Å². The molecule has 4 heteroatoms. The first kappa shape index (κ1) is 20.4. The molecule has 0 saturated carbocycles. The summed E-state index contributed by atoms with van der Waals surface area (Å²) in [7, 11) is 1.90. The van der Waals surface area contributed by atoms with E-state index >= 15 is 0 Å². The number of anilines is 1. The molecule has 0 atom stereocenters. The number of nitrogens with zero attached hydrogens (tertiary/aromatic N) is 2. The standard InChI is InChI=1S/C24H33N3O/c1-19-11-13-22(14-12-19)25-24(2,3)23(28)26(4)17-20-9-5-6-10-21(20)18-27-15-7-8-16-27/h5-6,9-14,25H,7-8,15-18H2,1-4H3. The quantitative estimate of drug-likeness (QED) is 0.772. The predicted molar refractivity (Wildman–Crippen MR) is 116 cm³/mol. The van der Waals surface area contributed by atoms with E-state index in [1.807, 2.05) is 37.9 Å². The zero-order chi connectivity index (χ0) is 20.1. The van der Waals surface area contributed by atoms with Gasteiger partial charge in [0.1, 0.15) is 5.54 Å². The molecule has 2 aromatic rings. The van der Waals surface area contributed by atoms with Gasteiger partial charge < -0.3 is 10.2 Å². The largest absolute Gasteiger partial charge is 0.372 e. The number of hydrogen-bond donors (Lipinski definition) is 1. The Morgan fingerprint density at radius 2 is 1.64 bits per heavy atom. The van der Waals surface area contributed by atoms with Gasteiger partial charge in [-0.05, 0) is 70.0 Å². The van der Waals surface area contributed by atoms with Gasteiger partial charge in [0.15, 0.2) is 0 Å². The second-order valence-electron chi connectivity index (χ2n) is 8.53. The van der Waals surface area contributed by atoms with Crippen molar-refractivity contribution in [2.24, 2.45) is 0 Å². The van der Waals surface area contributed by atoms with E-state index in [2.05, 4.69) is 53.5 Å². The summed E-state index contributed by atoms with van der Waals surface area (Å²) >= 11 is 0. The van der Waals surface area contributed by atoms with E-state index in [9.17, 15) is 4.79 Å². The van der Waals surface area contributed by atoms with Crippen molar-refractivity contribution in [3.63, 3.8) is 0 Å². The van der Waals surface area contributed by atoms with Gasteiger partial charge >= 0.3 is 0 Å². The third-order valence-corrected chi connectivity index (χ3v) is 5.51. The predicted octanol–water partition coefficient (Wildman–Crippen LogP) is 4.44. The summed E-state index contributed by atoms with van der Waals surface area (Å²) in [6.07, 6.45) is 2.58. The van der Waals surface area contributed by atoms with E-state index in [0.29, 0.717) is 6.54 Å². The number of hydrogen-bond acceptors (Lipinski definition) is 3. The summed E-state index contributed by atoms with van der Waals surface area (Å²) in [6, 6.07) is 16.7. The molecule has 0 aliphatic carbocycles. The van der Waals surface area contributed by atoms with Gasteiger partial charge in [-0.15, -0.1) is 0 Å². The van der Waals surface area contributed by atoms with Crippen molar-refractivity contribution in [3.8, 4) is 0 Å². The number of nitrogens with one attached hydrogen (secondary N) is 1. The summed E-state index contributed by atoms with van der Waals surface area (Å²) in [4.78, 5) is 17.5. The third-order valence-electron chi connectivity index (χ3n) is 5.51. The van der Waals surface area contributed by atoms with Crippen LogP contribution in [0.15, 0.2) is 48.5 Å². The maximum absolute atomic E-state index is 13.1. The fourth-order valence-electron chi connectivity index (χ4n) is 3.90. The van der Waals surface area contributed by atoms with Crippen LogP contribution >= 0.6 is 0 Å². The number of carbonyl (C=O) groups excluding carboxylic acids is 1. The molecule has 1 aliphatic rings. The molecule has 28 heavy (non-hydrogen) atoms. The lowest BCUT2D eigenvalue weighted by molar-refractivity contribution is -0.134. The molecule has 1 heterocycles. The number of likely N-dealkylation sites (tertiary alicyclic amines) is 1. The van der Waals surface area contributed by atoms with Gasteiger partial charge in [0, 0.05) is 25.8 Å². The molecule has 0 aromatic heterocycles. The molecule has 1 N–H and O–H groups in total. The number of rotatable bonds is 7. The Morgan fingerprint density at radius 3 is 2.29 bits per heavy atom. The smallest absolute Gasteiger partial charge is 0.247 e. The average Bonchev–Trinajstić information content (AvgIpc) is 3.17. The second kappa shape index (κ2) is 8.78. The van der Waals surface area contributed by atoms with Crippen LogP contribution in [0.1, 0.15) is 43.4 Å². The number of benzene rings is 2. The van der Waals surface area contributed by atoms with Gasteiger partial charge in [0.05, 0.1) is 0 Å². The van der Waals surface area contributed by atoms with Crippen molar-refractivity contribution < 1.29 is 4.79 Å².